The predicted molar refractivity (Wildman–Crippen MR) is 42.1 cm³/mol. The molecule has 0 heterocycles. The van der Waals surface area contributed by atoms with Gasteiger partial charge in [0, 0.05) is 6.07 Å². The standard InChI is InChI=1S/C6H4F3N.C2H6/c7-3-1-4(8)6(9)5(10)2-3;1-2/h1-2H,10H2;1-2H3. The zero-order valence-electron chi connectivity index (χ0n) is 6.87. The second-order valence-electron chi connectivity index (χ2n) is 1.79. The number of benzene rings is 1. The number of rotatable bonds is 0. The van der Waals surface area contributed by atoms with Gasteiger partial charge in [-0.05, 0) is 6.07 Å². The minimum absolute atomic E-state index is 0.436. The molecule has 0 atom stereocenters. The Hall–Kier alpha value is -1.19. The van der Waals surface area contributed by atoms with Crippen LogP contribution >= 0.6 is 0 Å². The molecular weight excluding hydrogens is 167 g/mol. The summed E-state index contributed by atoms with van der Waals surface area (Å²) in [4.78, 5) is 0. The summed E-state index contributed by atoms with van der Waals surface area (Å²) in [6.07, 6.45) is 0. The van der Waals surface area contributed by atoms with E-state index >= 15 is 0 Å². The zero-order valence-corrected chi connectivity index (χ0v) is 6.87. The zero-order chi connectivity index (χ0) is 9.72. The molecule has 1 aromatic rings. The molecule has 1 nitrogen and oxygen atoms in total. The van der Waals surface area contributed by atoms with Gasteiger partial charge in [-0.3, -0.25) is 0 Å². The fourth-order valence-electron chi connectivity index (χ4n) is 0.576. The summed E-state index contributed by atoms with van der Waals surface area (Å²) in [5, 5.41) is 0. The van der Waals surface area contributed by atoms with Gasteiger partial charge in [-0.15, -0.1) is 0 Å². The summed E-state index contributed by atoms with van der Waals surface area (Å²) in [5.41, 5.74) is 4.35. The van der Waals surface area contributed by atoms with E-state index in [0.717, 1.165) is 6.07 Å². The Bertz CT molecular complexity index is 237. The lowest BCUT2D eigenvalue weighted by atomic mass is 10.3. The van der Waals surface area contributed by atoms with Crippen molar-refractivity contribution in [2.75, 3.05) is 5.73 Å². The normalized spacial score (nSPS) is 8.75. The molecule has 0 saturated heterocycles. The molecule has 0 fully saturated rings. The number of anilines is 1. The molecule has 4 heteroatoms. The van der Waals surface area contributed by atoms with Gasteiger partial charge in [0.25, 0.3) is 0 Å². The highest BCUT2D eigenvalue weighted by atomic mass is 19.2. The molecule has 0 aliphatic carbocycles. The van der Waals surface area contributed by atoms with E-state index in [9.17, 15) is 13.2 Å². The third kappa shape index (κ3) is 2.45. The first kappa shape index (κ1) is 10.8. The highest BCUT2D eigenvalue weighted by Crippen LogP contribution is 2.14. The van der Waals surface area contributed by atoms with Crippen molar-refractivity contribution in [3.05, 3.63) is 29.6 Å². The van der Waals surface area contributed by atoms with E-state index in [0.29, 0.717) is 6.07 Å². The van der Waals surface area contributed by atoms with Gasteiger partial charge in [0.15, 0.2) is 11.6 Å². The highest BCUT2D eigenvalue weighted by Gasteiger charge is 2.06. The fourth-order valence-corrected chi connectivity index (χ4v) is 0.576. The number of nitrogens with two attached hydrogens (primary N) is 1. The van der Waals surface area contributed by atoms with Crippen LogP contribution in [0.3, 0.4) is 0 Å². The van der Waals surface area contributed by atoms with Gasteiger partial charge in [0.2, 0.25) is 0 Å². The molecule has 1 rings (SSSR count). The van der Waals surface area contributed by atoms with Crippen LogP contribution in [0.15, 0.2) is 12.1 Å². The Morgan fingerprint density at radius 1 is 1.08 bits per heavy atom. The second-order valence-corrected chi connectivity index (χ2v) is 1.79. The van der Waals surface area contributed by atoms with E-state index in [4.69, 9.17) is 5.73 Å². The molecule has 12 heavy (non-hydrogen) atoms. The SMILES string of the molecule is CC.Nc1cc(F)cc(F)c1F. The van der Waals surface area contributed by atoms with Crippen LogP contribution in [0.4, 0.5) is 18.9 Å². The van der Waals surface area contributed by atoms with Crippen molar-refractivity contribution in [1.82, 2.24) is 0 Å². The minimum atomic E-state index is -1.27. The first-order valence-corrected chi connectivity index (χ1v) is 3.51. The summed E-state index contributed by atoms with van der Waals surface area (Å²) in [7, 11) is 0. The summed E-state index contributed by atoms with van der Waals surface area (Å²) in [6, 6.07) is 1.16. The van der Waals surface area contributed by atoms with E-state index in [1.54, 1.807) is 0 Å². The molecule has 0 radical (unpaired) electrons. The molecule has 68 valence electrons. The van der Waals surface area contributed by atoms with Crippen molar-refractivity contribution in [3.63, 3.8) is 0 Å². The van der Waals surface area contributed by atoms with Gasteiger partial charge >= 0.3 is 0 Å². The third-order valence-electron chi connectivity index (χ3n) is 1.02. The Kier molecular flexibility index (Phi) is 4.18. The number of nitrogen functional groups attached to an aromatic ring is 1. The summed E-state index contributed by atoms with van der Waals surface area (Å²) in [6.45, 7) is 4.00. The topological polar surface area (TPSA) is 26.0 Å². The van der Waals surface area contributed by atoms with E-state index in [1.165, 1.54) is 0 Å². The summed E-state index contributed by atoms with van der Waals surface area (Å²) in [5.74, 6) is -3.35. The molecule has 0 aromatic heterocycles. The molecule has 2 N–H and O–H groups in total. The Labute approximate surface area is 69.0 Å². The lowest BCUT2D eigenvalue weighted by Gasteiger charge is -1.96. The molecule has 0 saturated carbocycles. The maximum Gasteiger partial charge on any atom is 0.181 e. The lowest BCUT2D eigenvalue weighted by molar-refractivity contribution is 0.498. The van der Waals surface area contributed by atoms with Crippen molar-refractivity contribution >= 4 is 5.69 Å². The highest BCUT2D eigenvalue weighted by molar-refractivity contribution is 5.39. The fraction of sp³-hybridized carbons (Fsp3) is 0.250. The van der Waals surface area contributed by atoms with Gasteiger partial charge in [-0.1, -0.05) is 13.8 Å². The van der Waals surface area contributed by atoms with Crippen molar-refractivity contribution in [2.24, 2.45) is 0 Å². The predicted octanol–water partition coefficient (Wildman–Crippen LogP) is 2.71. The average Bonchev–Trinajstić information content (AvgIpc) is 2.04. The van der Waals surface area contributed by atoms with Crippen LogP contribution in [0, 0.1) is 17.5 Å². The third-order valence-corrected chi connectivity index (χ3v) is 1.02. The smallest absolute Gasteiger partial charge is 0.181 e. The monoisotopic (exact) mass is 177 g/mol. The van der Waals surface area contributed by atoms with Crippen molar-refractivity contribution < 1.29 is 13.2 Å². The first-order valence-electron chi connectivity index (χ1n) is 3.51. The van der Waals surface area contributed by atoms with Gasteiger partial charge in [0.1, 0.15) is 5.82 Å². The molecule has 0 aliphatic rings. The molecule has 1 aromatic carbocycles. The van der Waals surface area contributed by atoms with Gasteiger partial charge in [-0.25, -0.2) is 13.2 Å². The van der Waals surface area contributed by atoms with E-state index < -0.39 is 23.1 Å². The van der Waals surface area contributed by atoms with E-state index in [1.807, 2.05) is 13.8 Å². The molecule has 0 bridgehead atoms. The summed E-state index contributed by atoms with van der Waals surface area (Å²) < 4.78 is 36.5. The van der Waals surface area contributed by atoms with Gasteiger partial charge in [0.05, 0.1) is 5.69 Å². The van der Waals surface area contributed by atoms with Crippen molar-refractivity contribution in [1.29, 1.82) is 0 Å². The van der Waals surface area contributed by atoms with Crippen LogP contribution in [0.1, 0.15) is 13.8 Å². The average molecular weight is 177 g/mol. The Morgan fingerprint density at radius 2 is 1.58 bits per heavy atom. The van der Waals surface area contributed by atoms with Crippen LogP contribution < -0.4 is 5.73 Å². The van der Waals surface area contributed by atoms with Crippen LogP contribution in [0.25, 0.3) is 0 Å². The van der Waals surface area contributed by atoms with Crippen molar-refractivity contribution in [2.45, 2.75) is 13.8 Å². The van der Waals surface area contributed by atoms with Crippen LogP contribution in [0.2, 0.25) is 0 Å². The molecule has 0 spiro atoms. The number of halogens is 3. The maximum absolute atomic E-state index is 12.2. The largest absolute Gasteiger partial charge is 0.396 e. The van der Waals surface area contributed by atoms with Crippen LogP contribution in [-0.4, -0.2) is 0 Å². The quantitative estimate of drug-likeness (QED) is 0.478. The second kappa shape index (κ2) is 4.64. The van der Waals surface area contributed by atoms with Gasteiger partial charge in [-0.2, -0.15) is 0 Å². The van der Waals surface area contributed by atoms with Gasteiger partial charge < -0.3 is 5.73 Å². The lowest BCUT2D eigenvalue weighted by Crippen LogP contribution is -1.95. The van der Waals surface area contributed by atoms with Crippen molar-refractivity contribution in [3.8, 4) is 0 Å². The molecule has 0 amide bonds. The minimum Gasteiger partial charge on any atom is -0.396 e. The molecular formula is C8H10F3N. The van der Waals surface area contributed by atoms with Crippen LogP contribution in [0.5, 0.6) is 0 Å². The number of hydrogen-bond acceptors (Lipinski definition) is 1. The summed E-state index contributed by atoms with van der Waals surface area (Å²) >= 11 is 0. The Balaban J connectivity index is 0.000000561. The van der Waals surface area contributed by atoms with E-state index in [2.05, 4.69) is 0 Å². The Morgan fingerprint density at radius 3 is 2.00 bits per heavy atom. The maximum atomic E-state index is 12.2. The first-order chi connectivity index (χ1) is 5.61. The molecule has 0 unspecified atom stereocenters. The van der Waals surface area contributed by atoms with E-state index in [-0.39, 0.29) is 0 Å². The number of hydrogen-bond donors (Lipinski definition) is 1. The molecule has 0 aliphatic heterocycles. The van der Waals surface area contributed by atoms with Crippen LogP contribution in [-0.2, 0) is 0 Å².